The number of quaternary nitrogens is 1. The second kappa shape index (κ2) is 19.5. The summed E-state index contributed by atoms with van der Waals surface area (Å²) in [5, 5.41) is 0. The monoisotopic (exact) mass is 448 g/mol. The van der Waals surface area contributed by atoms with E-state index in [0.717, 1.165) is 19.3 Å². The topological polar surface area (TPSA) is 55.8 Å². The maximum absolute atomic E-state index is 11.8. The van der Waals surface area contributed by atoms with Gasteiger partial charge < -0.3 is 9.38 Å². The summed E-state index contributed by atoms with van der Waals surface area (Å²) in [6.45, 7) is 3.46. The molecular formula is C24H51NO4P+. The van der Waals surface area contributed by atoms with Gasteiger partial charge in [-0.2, -0.15) is 0 Å². The van der Waals surface area contributed by atoms with Crippen molar-refractivity contribution in [1.82, 2.24) is 0 Å². The van der Waals surface area contributed by atoms with Crippen LogP contribution in [0, 0.1) is 0 Å². The average Bonchev–Trinajstić information content (AvgIpc) is 2.65. The second-order valence-electron chi connectivity index (χ2n) is 9.44. The Labute approximate surface area is 187 Å². The number of likely N-dealkylation sites (N-methyl/N-ethyl adjacent to an activating group) is 1. The highest BCUT2D eigenvalue weighted by molar-refractivity contribution is 7.47. The molecule has 5 nitrogen and oxygen atoms in total. The highest BCUT2D eigenvalue weighted by Crippen LogP contribution is 2.43. The van der Waals surface area contributed by atoms with Gasteiger partial charge in [0.1, 0.15) is 13.2 Å². The lowest BCUT2D eigenvalue weighted by molar-refractivity contribution is -0.870. The van der Waals surface area contributed by atoms with Crippen LogP contribution in [-0.2, 0) is 13.6 Å². The predicted molar refractivity (Wildman–Crippen MR) is 129 cm³/mol. The van der Waals surface area contributed by atoms with Gasteiger partial charge in [0.05, 0.1) is 27.7 Å². The predicted octanol–water partition coefficient (Wildman–Crippen LogP) is 7.25. The molecule has 0 bridgehead atoms. The molecule has 0 aromatic carbocycles. The lowest BCUT2D eigenvalue weighted by Gasteiger charge is -2.24. The summed E-state index contributed by atoms with van der Waals surface area (Å²) in [6, 6.07) is 0. The second-order valence-corrected chi connectivity index (χ2v) is 10.9. The number of rotatable bonds is 22. The molecule has 1 N–H and O–H groups in total. The van der Waals surface area contributed by atoms with Crippen LogP contribution in [0.15, 0.2) is 12.2 Å². The number of unbranched alkanes of at least 4 members (excludes halogenated alkanes) is 13. The number of allylic oxidation sites excluding steroid dienone is 2. The van der Waals surface area contributed by atoms with E-state index >= 15 is 0 Å². The molecule has 30 heavy (non-hydrogen) atoms. The maximum Gasteiger partial charge on any atom is 0.472 e. The van der Waals surface area contributed by atoms with Crippen molar-refractivity contribution in [1.29, 1.82) is 0 Å². The molecule has 0 heterocycles. The van der Waals surface area contributed by atoms with E-state index in [0.29, 0.717) is 17.6 Å². The summed E-state index contributed by atoms with van der Waals surface area (Å²) >= 11 is 0. The van der Waals surface area contributed by atoms with Crippen molar-refractivity contribution in [2.75, 3.05) is 40.9 Å². The Morgan fingerprint density at radius 3 is 1.63 bits per heavy atom. The van der Waals surface area contributed by atoms with Crippen LogP contribution in [0.2, 0.25) is 0 Å². The molecule has 0 aromatic rings. The van der Waals surface area contributed by atoms with Crippen LogP contribution in [0.4, 0.5) is 0 Å². The van der Waals surface area contributed by atoms with Crippen molar-refractivity contribution in [3.05, 3.63) is 12.2 Å². The summed E-state index contributed by atoms with van der Waals surface area (Å²) in [7, 11) is 2.16. The first-order valence-electron chi connectivity index (χ1n) is 12.3. The molecule has 6 heteroatoms. The van der Waals surface area contributed by atoms with Gasteiger partial charge >= 0.3 is 7.82 Å². The molecular weight excluding hydrogens is 397 g/mol. The van der Waals surface area contributed by atoms with Gasteiger partial charge in [-0.05, 0) is 32.1 Å². The van der Waals surface area contributed by atoms with Gasteiger partial charge in [-0.3, -0.25) is 9.05 Å². The third-order valence-corrected chi connectivity index (χ3v) is 6.19. The van der Waals surface area contributed by atoms with Crippen LogP contribution in [-0.4, -0.2) is 50.3 Å². The van der Waals surface area contributed by atoms with Gasteiger partial charge in [0.25, 0.3) is 0 Å². The molecule has 1 unspecified atom stereocenters. The lowest BCUT2D eigenvalue weighted by atomic mass is 10.1. The molecule has 0 saturated carbocycles. The maximum atomic E-state index is 11.8. The first-order chi connectivity index (χ1) is 14.3. The van der Waals surface area contributed by atoms with E-state index in [1.807, 2.05) is 21.1 Å². The number of nitrogens with zero attached hydrogens (tertiary/aromatic N) is 1. The van der Waals surface area contributed by atoms with Gasteiger partial charge in [0.15, 0.2) is 0 Å². The molecule has 0 fully saturated rings. The number of phosphoric ester groups is 1. The molecule has 0 aliphatic rings. The smallest absolute Gasteiger partial charge is 0.329 e. The highest BCUT2D eigenvalue weighted by Gasteiger charge is 2.21. The Bertz CT molecular complexity index is 449. The highest BCUT2D eigenvalue weighted by atomic mass is 31.2. The zero-order valence-electron chi connectivity index (χ0n) is 20.4. The molecule has 0 amide bonds. The Morgan fingerprint density at radius 1 is 0.700 bits per heavy atom. The fourth-order valence-electron chi connectivity index (χ4n) is 3.17. The van der Waals surface area contributed by atoms with Gasteiger partial charge in [-0.1, -0.05) is 83.3 Å². The van der Waals surface area contributed by atoms with Crippen molar-refractivity contribution in [2.24, 2.45) is 0 Å². The molecule has 0 aliphatic heterocycles. The number of hydrogen-bond donors (Lipinski definition) is 1. The van der Waals surface area contributed by atoms with E-state index in [2.05, 4.69) is 19.1 Å². The zero-order chi connectivity index (χ0) is 22.6. The normalized spacial score (nSPS) is 14.4. The van der Waals surface area contributed by atoms with Crippen LogP contribution in [0.25, 0.3) is 0 Å². The third kappa shape index (κ3) is 24.1. The molecule has 0 radical (unpaired) electrons. The minimum Gasteiger partial charge on any atom is -0.329 e. The zero-order valence-corrected chi connectivity index (χ0v) is 21.3. The number of phosphoric acid groups is 1. The van der Waals surface area contributed by atoms with Crippen molar-refractivity contribution >= 4 is 7.82 Å². The SMILES string of the molecule is CCCCCCCCC=CCCCCCCCCCOP(=O)(O)OCC[N+](C)(C)C. The molecule has 0 saturated heterocycles. The molecule has 0 spiro atoms. The summed E-state index contributed by atoms with van der Waals surface area (Å²) in [4.78, 5) is 9.64. The largest absolute Gasteiger partial charge is 0.472 e. The minimum atomic E-state index is -3.89. The van der Waals surface area contributed by atoms with Crippen LogP contribution in [0.5, 0.6) is 0 Å². The van der Waals surface area contributed by atoms with E-state index in [9.17, 15) is 9.46 Å². The van der Waals surface area contributed by atoms with Gasteiger partial charge in [0.2, 0.25) is 0 Å². The van der Waals surface area contributed by atoms with E-state index < -0.39 is 7.82 Å². The molecule has 0 aliphatic carbocycles. The standard InChI is InChI=1S/C24H50NO4P/c1-5-6-7-8-9-10-11-12-13-14-15-16-17-18-19-20-21-23-28-30(26,27)29-24-22-25(2,3)4/h12-13H,5-11,14-24H2,1-4H3/p+1. The first-order valence-corrected chi connectivity index (χ1v) is 13.8. The van der Waals surface area contributed by atoms with Crippen molar-refractivity contribution in [2.45, 2.75) is 103 Å². The van der Waals surface area contributed by atoms with Crippen LogP contribution in [0.1, 0.15) is 103 Å². The quantitative estimate of drug-likeness (QED) is 0.0820. The Balaban J connectivity index is 3.34. The minimum absolute atomic E-state index is 0.228. The van der Waals surface area contributed by atoms with Crippen molar-refractivity contribution in [3.63, 3.8) is 0 Å². The summed E-state index contributed by atoms with van der Waals surface area (Å²) in [5.41, 5.74) is 0. The van der Waals surface area contributed by atoms with Crippen molar-refractivity contribution < 1.29 is 23.0 Å². The van der Waals surface area contributed by atoms with E-state index in [4.69, 9.17) is 9.05 Å². The first kappa shape index (κ1) is 29.8. The van der Waals surface area contributed by atoms with E-state index in [1.54, 1.807) is 0 Å². The van der Waals surface area contributed by atoms with Gasteiger partial charge in [0, 0.05) is 0 Å². The molecule has 1 atom stereocenters. The van der Waals surface area contributed by atoms with Crippen LogP contribution in [0.3, 0.4) is 0 Å². The fraction of sp³-hybridized carbons (Fsp3) is 0.917. The molecule has 0 aromatic heterocycles. The van der Waals surface area contributed by atoms with E-state index in [1.165, 1.54) is 77.0 Å². The Hall–Kier alpha value is -0.190. The van der Waals surface area contributed by atoms with Crippen LogP contribution < -0.4 is 0 Å². The lowest BCUT2D eigenvalue weighted by Crippen LogP contribution is -2.37. The number of hydrogen-bond acceptors (Lipinski definition) is 3. The molecule has 180 valence electrons. The van der Waals surface area contributed by atoms with Crippen molar-refractivity contribution in [3.8, 4) is 0 Å². The molecule has 0 rings (SSSR count). The van der Waals surface area contributed by atoms with Crippen LogP contribution >= 0.6 is 7.82 Å². The van der Waals surface area contributed by atoms with Gasteiger partial charge in [-0.25, -0.2) is 4.57 Å². The summed E-state index contributed by atoms with van der Waals surface area (Å²) in [5.74, 6) is 0. The Morgan fingerprint density at radius 2 is 1.13 bits per heavy atom. The fourth-order valence-corrected chi connectivity index (χ4v) is 3.92. The Kier molecular flexibility index (Phi) is 19.4. The van der Waals surface area contributed by atoms with E-state index in [-0.39, 0.29) is 6.61 Å². The summed E-state index contributed by atoms with van der Waals surface area (Å²) in [6.07, 6.45) is 23.5. The van der Waals surface area contributed by atoms with Gasteiger partial charge in [-0.15, -0.1) is 0 Å². The third-order valence-electron chi connectivity index (χ3n) is 5.18. The average molecular weight is 449 g/mol. The summed E-state index contributed by atoms with van der Waals surface area (Å²) < 4.78 is 22.5.